The smallest absolute Gasteiger partial charge is 0.232 e. The van der Waals surface area contributed by atoms with Crippen LogP contribution in [-0.4, -0.2) is 6.18 Å². The van der Waals surface area contributed by atoms with Gasteiger partial charge in [0, 0.05) is 0 Å². The second-order valence-electron chi connectivity index (χ2n) is 2.70. The highest BCUT2D eigenvalue weighted by Gasteiger charge is 2.45. The highest BCUT2D eigenvalue weighted by atomic mass is 19.4. The van der Waals surface area contributed by atoms with E-state index in [1.54, 1.807) is 0 Å². The lowest BCUT2D eigenvalue weighted by Gasteiger charge is -2.14. The van der Waals surface area contributed by atoms with E-state index in [0.717, 1.165) is 6.07 Å². The maximum Gasteiger partial charge on any atom is 0.424 e. The minimum atomic E-state index is -5.63. The Kier molecular flexibility index (Phi) is 3.11. The van der Waals surface area contributed by atoms with Gasteiger partial charge in [0.1, 0.15) is 5.82 Å². The topological polar surface area (TPSA) is 0 Å². The molecule has 0 bridgehead atoms. The Bertz CT molecular complexity index is 407. The Labute approximate surface area is 83.5 Å². The number of hydrogen-bond donors (Lipinski definition) is 0. The Hall–Kier alpha value is -1.34. The lowest BCUT2D eigenvalue weighted by molar-refractivity contribution is -0.184. The highest BCUT2D eigenvalue weighted by molar-refractivity contribution is 5.24. The molecular weight excluding hydrogens is 248 g/mol. The van der Waals surface area contributed by atoms with Crippen LogP contribution in [0, 0.1) is 29.3 Å². The van der Waals surface area contributed by atoms with Crippen molar-refractivity contribution in [2.45, 2.75) is 12.3 Å². The van der Waals surface area contributed by atoms with E-state index >= 15 is 0 Å². The fourth-order valence-electron chi connectivity index (χ4n) is 0.916. The second kappa shape index (κ2) is 3.91. The molecule has 0 fully saturated rings. The van der Waals surface area contributed by atoms with Crippen LogP contribution in [0.1, 0.15) is 11.7 Å². The average Bonchev–Trinajstić information content (AvgIpc) is 2.13. The van der Waals surface area contributed by atoms with Crippen LogP contribution < -0.4 is 0 Å². The van der Waals surface area contributed by atoms with Crippen molar-refractivity contribution in [1.82, 2.24) is 0 Å². The van der Waals surface area contributed by atoms with Gasteiger partial charge in [0.05, 0.1) is 11.6 Å². The van der Waals surface area contributed by atoms with Gasteiger partial charge in [-0.3, -0.25) is 0 Å². The quantitative estimate of drug-likeness (QED) is 0.405. The van der Waals surface area contributed by atoms with E-state index in [1.165, 1.54) is 0 Å². The van der Waals surface area contributed by atoms with Crippen LogP contribution in [-0.2, 0) is 0 Å². The predicted octanol–water partition coefficient (Wildman–Crippen LogP) is 3.62. The maximum absolute atomic E-state index is 12.7. The molecule has 0 nitrogen and oxygen atoms in total. The summed E-state index contributed by atoms with van der Waals surface area (Å²) < 4.78 is 98.0. The fourth-order valence-corrected chi connectivity index (χ4v) is 0.916. The van der Waals surface area contributed by atoms with Gasteiger partial charge < -0.3 is 0 Å². The molecule has 0 N–H and O–H groups in total. The van der Waals surface area contributed by atoms with Gasteiger partial charge in [-0.25, -0.2) is 22.0 Å². The summed E-state index contributed by atoms with van der Waals surface area (Å²) >= 11 is 0. The minimum absolute atomic E-state index is 0.813. The molecule has 0 saturated heterocycles. The van der Waals surface area contributed by atoms with Crippen LogP contribution >= 0.6 is 0 Å². The van der Waals surface area contributed by atoms with Crippen molar-refractivity contribution in [2.75, 3.05) is 0 Å². The summed E-state index contributed by atoms with van der Waals surface area (Å²) in [4.78, 5) is 0. The van der Waals surface area contributed by atoms with Gasteiger partial charge >= 0.3 is 6.18 Å². The van der Waals surface area contributed by atoms with Crippen molar-refractivity contribution in [3.63, 3.8) is 0 Å². The van der Waals surface area contributed by atoms with Gasteiger partial charge in [-0.05, 0) is 0 Å². The van der Waals surface area contributed by atoms with Crippen LogP contribution in [0.15, 0.2) is 0 Å². The zero-order valence-corrected chi connectivity index (χ0v) is 7.10. The summed E-state index contributed by atoms with van der Waals surface area (Å²) in [6.07, 6.45) is -9.71. The SMILES string of the molecule is Fc1[c]c(F)c(C(F)C(F)(F)F)c(F)c1F. The van der Waals surface area contributed by atoms with Crippen molar-refractivity contribution in [1.29, 1.82) is 0 Å². The molecule has 1 atom stereocenters. The third kappa shape index (κ3) is 2.10. The first-order chi connectivity index (χ1) is 7.16. The lowest BCUT2D eigenvalue weighted by Crippen LogP contribution is -2.20. The number of rotatable bonds is 1. The standard InChI is InChI=1S/C8HF8/c9-2-1-3(10)5(11)6(12)4(2)7(13)8(14,15)16/h7H. The summed E-state index contributed by atoms with van der Waals surface area (Å²) in [6, 6.07) is 0.813. The molecule has 1 aromatic carbocycles. The molecule has 1 aromatic rings. The van der Waals surface area contributed by atoms with Gasteiger partial charge in [0.25, 0.3) is 0 Å². The van der Waals surface area contributed by atoms with E-state index in [4.69, 9.17) is 0 Å². The molecule has 0 amide bonds. The van der Waals surface area contributed by atoms with Crippen molar-refractivity contribution >= 4 is 0 Å². The Balaban J connectivity index is 3.40. The van der Waals surface area contributed by atoms with Crippen LogP contribution in [0.3, 0.4) is 0 Å². The predicted molar refractivity (Wildman–Crippen MR) is 35.0 cm³/mol. The van der Waals surface area contributed by atoms with Gasteiger partial charge in [-0.2, -0.15) is 13.2 Å². The number of benzene rings is 1. The van der Waals surface area contributed by atoms with Gasteiger partial charge in [-0.1, -0.05) is 0 Å². The molecule has 89 valence electrons. The Morgan fingerprint density at radius 1 is 0.875 bits per heavy atom. The molecule has 0 aliphatic carbocycles. The fraction of sp³-hybridized carbons (Fsp3) is 0.250. The zero-order chi connectivity index (χ0) is 12.7. The van der Waals surface area contributed by atoms with Crippen LogP contribution in [0.5, 0.6) is 0 Å². The van der Waals surface area contributed by atoms with Crippen LogP contribution in [0.25, 0.3) is 0 Å². The maximum atomic E-state index is 12.7. The molecule has 0 spiro atoms. The number of hydrogen-bond acceptors (Lipinski definition) is 0. The molecular formula is C8HF8. The van der Waals surface area contributed by atoms with E-state index in [1.807, 2.05) is 0 Å². The molecule has 0 aliphatic heterocycles. The zero-order valence-electron chi connectivity index (χ0n) is 7.10. The summed E-state index contributed by atoms with van der Waals surface area (Å²) in [7, 11) is 0. The van der Waals surface area contributed by atoms with Gasteiger partial charge in [-0.15, -0.1) is 0 Å². The third-order valence-corrected chi connectivity index (χ3v) is 1.62. The first-order valence-electron chi connectivity index (χ1n) is 3.62. The molecule has 1 unspecified atom stereocenters. The minimum Gasteiger partial charge on any atom is -0.232 e. The molecule has 0 aromatic heterocycles. The van der Waals surface area contributed by atoms with Crippen molar-refractivity contribution < 1.29 is 35.1 Å². The average molecular weight is 249 g/mol. The summed E-state index contributed by atoms with van der Waals surface area (Å²) in [5, 5.41) is 0. The van der Waals surface area contributed by atoms with Crippen molar-refractivity contribution in [3.8, 4) is 0 Å². The summed E-state index contributed by atoms with van der Waals surface area (Å²) in [6.45, 7) is 0. The summed E-state index contributed by atoms with van der Waals surface area (Å²) in [5.74, 6) is -9.39. The molecule has 1 rings (SSSR count). The van der Waals surface area contributed by atoms with E-state index in [-0.39, 0.29) is 0 Å². The normalized spacial score (nSPS) is 14.0. The Morgan fingerprint density at radius 2 is 1.38 bits per heavy atom. The first kappa shape index (κ1) is 12.7. The van der Waals surface area contributed by atoms with E-state index in [0.29, 0.717) is 0 Å². The lowest BCUT2D eigenvalue weighted by atomic mass is 10.1. The van der Waals surface area contributed by atoms with Gasteiger partial charge in [0.15, 0.2) is 17.5 Å². The first-order valence-corrected chi connectivity index (χ1v) is 3.62. The van der Waals surface area contributed by atoms with Crippen LogP contribution in [0.2, 0.25) is 0 Å². The monoisotopic (exact) mass is 249 g/mol. The van der Waals surface area contributed by atoms with Gasteiger partial charge in [0.2, 0.25) is 6.17 Å². The van der Waals surface area contributed by atoms with Crippen LogP contribution in [0.4, 0.5) is 35.1 Å². The Morgan fingerprint density at radius 3 is 1.81 bits per heavy atom. The number of halogens is 8. The molecule has 0 saturated carbocycles. The third-order valence-electron chi connectivity index (χ3n) is 1.62. The molecule has 0 heterocycles. The van der Waals surface area contributed by atoms with E-state index in [2.05, 4.69) is 0 Å². The largest absolute Gasteiger partial charge is 0.424 e. The highest BCUT2D eigenvalue weighted by Crippen LogP contribution is 2.38. The van der Waals surface area contributed by atoms with E-state index < -0.39 is 41.2 Å². The molecule has 1 radical (unpaired) electrons. The molecule has 0 aliphatic rings. The van der Waals surface area contributed by atoms with Crippen molar-refractivity contribution in [3.05, 3.63) is 34.9 Å². The van der Waals surface area contributed by atoms with E-state index in [9.17, 15) is 35.1 Å². The summed E-state index contributed by atoms with van der Waals surface area (Å²) in [5.41, 5.74) is -2.24. The molecule has 8 heteroatoms. The number of alkyl halides is 4. The van der Waals surface area contributed by atoms with Crippen molar-refractivity contribution in [2.24, 2.45) is 0 Å². The second-order valence-corrected chi connectivity index (χ2v) is 2.70. The molecule has 16 heavy (non-hydrogen) atoms.